The number of rotatable bonds is 0. The number of carbonyl (C=O) groups is 2. The summed E-state index contributed by atoms with van der Waals surface area (Å²) in [5.41, 5.74) is 1.35. The van der Waals surface area contributed by atoms with Crippen LogP contribution in [0.15, 0.2) is 11.6 Å². The number of Topliss-reactive ketones (excluding diaryl/α,β-unsaturated/α-hetero) is 1. The lowest BCUT2D eigenvalue weighted by atomic mass is 9.47. The van der Waals surface area contributed by atoms with Gasteiger partial charge in [0, 0.05) is 18.4 Å². The summed E-state index contributed by atoms with van der Waals surface area (Å²) in [6.45, 7) is 4.74. The van der Waals surface area contributed by atoms with E-state index in [1.807, 2.05) is 0 Å². The van der Waals surface area contributed by atoms with Crippen LogP contribution in [0.4, 0.5) is 0 Å². The van der Waals surface area contributed by atoms with Crippen molar-refractivity contribution in [2.75, 3.05) is 0 Å². The van der Waals surface area contributed by atoms with E-state index < -0.39 is 0 Å². The Hall–Kier alpha value is -0.920. The SMILES string of the molecule is C[C@@]12CCCC1C1CC(=O)C3=CC(=O)CC[C@]3(C)C1CC2. The third-order valence-electron chi connectivity index (χ3n) is 7.57. The number of ketones is 2. The van der Waals surface area contributed by atoms with Crippen molar-refractivity contribution in [3.05, 3.63) is 11.6 Å². The summed E-state index contributed by atoms with van der Waals surface area (Å²) in [5, 5.41) is 0. The van der Waals surface area contributed by atoms with Crippen LogP contribution in [0.1, 0.15) is 65.2 Å². The lowest BCUT2D eigenvalue weighted by molar-refractivity contribution is -0.130. The molecule has 0 heterocycles. The monoisotopic (exact) mass is 286 g/mol. The molecule has 2 heteroatoms. The standard InChI is InChI=1S/C19H26O2/c1-18-7-3-4-14(18)13-11-17(21)16-10-12(20)5-9-19(16,2)15(13)6-8-18/h10,13-15H,3-9,11H2,1-2H3/t13?,14?,15?,18-,19+/m0/s1. The van der Waals surface area contributed by atoms with Gasteiger partial charge < -0.3 is 0 Å². The van der Waals surface area contributed by atoms with Gasteiger partial charge in [-0.3, -0.25) is 9.59 Å². The average molecular weight is 286 g/mol. The van der Waals surface area contributed by atoms with Gasteiger partial charge >= 0.3 is 0 Å². The van der Waals surface area contributed by atoms with E-state index in [0.29, 0.717) is 30.1 Å². The highest BCUT2D eigenvalue weighted by Crippen LogP contribution is 2.64. The molecule has 3 fully saturated rings. The number of hydrogen-bond donors (Lipinski definition) is 0. The Morgan fingerprint density at radius 3 is 2.67 bits per heavy atom. The van der Waals surface area contributed by atoms with Gasteiger partial charge in [-0.1, -0.05) is 20.3 Å². The van der Waals surface area contributed by atoms with E-state index in [1.165, 1.54) is 32.1 Å². The van der Waals surface area contributed by atoms with E-state index in [4.69, 9.17) is 0 Å². The van der Waals surface area contributed by atoms with Crippen molar-refractivity contribution in [1.82, 2.24) is 0 Å². The Morgan fingerprint density at radius 2 is 1.86 bits per heavy atom. The topological polar surface area (TPSA) is 34.1 Å². The Morgan fingerprint density at radius 1 is 1.05 bits per heavy atom. The fraction of sp³-hybridized carbons (Fsp3) is 0.789. The van der Waals surface area contributed by atoms with Crippen molar-refractivity contribution >= 4 is 11.6 Å². The van der Waals surface area contributed by atoms with Gasteiger partial charge in [0.2, 0.25) is 0 Å². The van der Waals surface area contributed by atoms with Crippen molar-refractivity contribution in [3.8, 4) is 0 Å². The van der Waals surface area contributed by atoms with Crippen molar-refractivity contribution < 1.29 is 9.59 Å². The second-order valence-electron chi connectivity index (χ2n) is 8.53. The predicted octanol–water partition coefficient (Wildman–Crippen LogP) is 4.09. The number of allylic oxidation sites excluding steroid dienone is 1. The van der Waals surface area contributed by atoms with E-state index >= 15 is 0 Å². The summed E-state index contributed by atoms with van der Waals surface area (Å²) < 4.78 is 0. The van der Waals surface area contributed by atoms with Crippen LogP contribution >= 0.6 is 0 Å². The van der Waals surface area contributed by atoms with E-state index in [2.05, 4.69) is 13.8 Å². The fourth-order valence-electron chi connectivity index (χ4n) is 6.38. The van der Waals surface area contributed by atoms with Crippen molar-refractivity contribution in [2.45, 2.75) is 65.2 Å². The first-order valence-electron chi connectivity index (χ1n) is 8.72. The van der Waals surface area contributed by atoms with Crippen LogP contribution in [0.5, 0.6) is 0 Å². The first-order chi connectivity index (χ1) is 9.94. The molecule has 0 N–H and O–H groups in total. The number of fused-ring (bicyclic) bond motifs is 5. The predicted molar refractivity (Wildman–Crippen MR) is 81.7 cm³/mol. The minimum atomic E-state index is -0.0160. The normalized spacial score (nSPS) is 49.2. The highest BCUT2D eigenvalue weighted by molar-refractivity contribution is 6.05. The second-order valence-corrected chi connectivity index (χ2v) is 8.53. The molecule has 0 aromatic carbocycles. The molecule has 0 amide bonds. The van der Waals surface area contributed by atoms with Gasteiger partial charge in [-0.2, -0.15) is 0 Å². The zero-order valence-corrected chi connectivity index (χ0v) is 13.3. The van der Waals surface area contributed by atoms with Gasteiger partial charge in [0.25, 0.3) is 0 Å². The first kappa shape index (κ1) is 13.7. The Labute approximate surface area is 127 Å². The summed E-state index contributed by atoms with van der Waals surface area (Å²) in [5.74, 6) is 2.40. The minimum absolute atomic E-state index is 0.0160. The molecule has 114 valence electrons. The summed E-state index contributed by atoms with van der Waals surface area (Å²) >= 11 is 0. The van der Waals surface area contributed by atoms with E-state index in [0.717, 1.165) is 17.9 Å². The molecule has 4 aliphatic rings. The second kappa shape index (κ2) is 4.30. The van der Waals surface area contributed by atoms with Gasteiger partial charge in [-0.25, -0.2) is 0 Å². The fourth-order valence-corrected chi connectivity index (χ4v) is 6.38. The third-order valence-corrected chi connectivity index (χ3v) is 7.57. The maximum absolute atomic E-state index is 12.7. The molecular weight excluding hydrogens is 260 g/mol. The van der Waals surface area contributed by atoms with E-state index in [-0.39, 0.29) is 17.0 Å². The molecule has 0 aliphatic heterocycles. The molecule has 0 saturated heterocycles. The molecule has 0 aromatic rings. The van der Waals surface area contributed by atoms with Crippen LogP contribution in [0.3, 0.4) is 0 Å². The van der Waals surface area contributed by atoms with Gasteiger partial charge in [0.15, 0.2) is 11.6 Å². The van der Waals surface area contributed by atoms with Crippen molar-refractivity contribution in [3.63, 3.8) is 0 Å². The van der Waals surface area contributed by atoms with Crippen LogP contribution in [0.2, 0.25) is 0 Å². The molecule has 5 atom stereocenters. The van der Waals surface area contributed by atoms with Crippen LogP contribution in [-0.2, 0) is 9.59 Å². The zero-order chi connectivity index (χ0) is 14.8. The van der Waals surface area contributed by atoms with Gasteiger partial charge in [-0.15, -0.1) is 0 Å². The summed E-state index contributed by atoms with van der Waals surface area (Å²) in [4.78, 5) is 24.5. The summed E-state index contributed by atoms with van der Waals surface area (Å²) in [6, 6.07) is 0. The number of hydrogen-bond acceptors (Lipinski definition) is 2. The molecule has 0 spiro atoms. The molecular formula is C19H26O2. The highest BCUT2D eigenvalue weighted by atomic mass is 16.1. The molecule has 3 unspecified atom stereocenters. The third kappa shape index (κ3) is 1.77. The molecule has 4 rings (SSSR count). The average Bonchev–Trinajstić information content (AvgIpc) is 2.83. The summed E-state index contributed by atoms with van der Waals surface area (Å²) in [6.07, 6.45) is 10.5. The van der Waals surface area contributed by atoms with Gasteiger partial charge in [-0.05, 0) is 66.8 Å². The molecule has 2 nitrogen and oxygen atoms in total. The van der Waals surface area contributed by atoms with Crippen LogP contribution < -0.4 is 0 Å². The lowest BCUT2D eigenvalue weighted by Crippen LogP contribution is -2.51. The molecule has 0 bridgehead atoms. The quantitative estimate of drug-likeness (QED) is 0.672. The highest BCUT2D eigenvalue weighted by Gasteiger charge is 2.58. The Bertz CT molecular complexity index is 546. The van der Waals surface area contributed by atoms with Gasteiger partial charge in [0.1, 0.15) is 0 Å². The Balaban J connectivity index is 1.75. The largest absolute Gasteiger partial charge is 0.295 e. The number of carbonyl (C=O) groups excluding carboxylic acids is 2. The first-order valence-corrected chi connectivity index (χ1v) is 8.72. The van der Waals surface area contributed by atoms with E-state index in [1.54, 1.807) is 6.08 Å². The molecule has 0 radical (unpaired) electrons. The molecule has 4 aliphatic carbocycles. The molecule has 3 saturated carbocycles. The Kier molecular flexibility index (Phi) is 2.81. The van der Waals surface area contributed by atoms with Crippen molar-refractivity contribution in [2.24, 2.45) is 28.6 Å². The molecule has 21 heavy (non-hydrogen) atoms. The van der Waals surface area contributed by atoms with Crippen LogP contribution in [0, 0.1) is 28.6 Å². The molecule has 0 aromatic heterocycles. The van der Waals surface area contributed by atoms with Crippen LogP contribution in [-0.4, -0.2) is 11.6 Å². The van der Waals surface area contributed by atoms with E-state index in [9.17, 15) is 9.59 Å². The van der Waals surface area contributed by atoms with Crippen LogP contribution in [0.25, 0.3) is 0 Å². The maximum Gasteiger partial charge on any atom is 0.159 e. The maximum atomic E-state index is 12.7. The van der Waals surface area contributed by atoms with Gasteiger partial charge in [0.05, 0.1) is 0 Å². The zero-order valence-electron chi connectivity index (χ0n) is 13.3. The smallest absolute Gasteiger partial charge is 0.159 e. The minimum Gasteiger partial charge on any atom is -0.295 e. The lowest BCUT2D eigenvalue weighted by Gasteiger charge is -2.56. The summed E-state index contributed by atoms with van der Waals surface area (Å²) in [7, 11) is 0. The van der Waals surface area contributed by atoms with Crippen molar-refractivity contribution in [1.29, 1.82) is 0 Å².